The maximum Gasteiger partial charge on any atom is 0.311 e. The molecule has 0 radical (unpaired) electrons. The highest BCUT2D eigenvalue weighted by Gasteiger charge is 2.41. The molecule has 0 heterocycles. The van der Waals surface area contributed by atoms with E-state index in [0.717, 1.165) is 22.9 Å². The molecule has 0 aromatic heterocycles. The highest BCUT2D eigenvalue weighted by Crippen LogP contribution is 2.37. The van der Waals surface area contributed by atoms with Gasteiger partial charge < -0.3 is 10.4 Å². The van der Waals surface area contributed by atoms with E-state index in [-0.39, 0.29) is 12.5 Å². The van der Waals surface area contributed by atoms with Gasteiger partial charge in [-0.05, 0) is 43.5 Å². The normalized spacial score (nSPS) is 16.9. The number of carbonyl (C=O) groups is 2. The van der Waals surface area contributed by atoms with Crippen LogP contribution in [0, 0.1) is 12.3 Å². The quantitative estimate of drug-likeness (QED) is 0.885. The average Bonchev–Trinajstić information content (AvgIpc) is 2.84. The number of benzene rings is 1. The number of rotatable bonds is 4. The van der Waals surface area contributed by atoms with Crippen LogP contribution in [-0.4, -0.2) is 23.5 Å². The zero-order valence-corrected chi connectivity index (χ0v) is 13.0. The largest absolute Gasteiger partial charge is 0.481 e. The van der Waals surface area contributed by atoms with Crippen LogP contribution in [0.15, 0.2) is 22.7 Å². The molecule has 1 aliphatic carbocycles. The second-order valence-electron chi connectivity index (χ2n) is 5.49. The van der Waals surface area contributed by atoms with Crippen molar-refractivity contribution < 1.29 is 14.7 Å². The van der Waals surface area contributed by atoms with Crippen molar-refractivity contribution in [1.29, 1.82) is 0 Å². The van der Waals surface area contributed by atoms with E-state index in [1.807, 2.05) is 13.0 Å². The van der Waals surface area contributed by atoms with E-state index in [1.165, 1.54) is 0 Å². The van der Waals surface area contributed by atoms with Gasteiger partial charge in [0.2, 0.25) is 0 Å². The number of carboxylic acids is 1. The third kappa shape index (κ3) is 3.20. The fraction of sp³-hybridized carbons (Fsp3) is 0.467. The molecular formula is C15H18BrNO3. The Bertz CT molecular complexity index is 516. The van der Waals surface area contributed by atoms with E-state index < -0.39 is 11.4 Å². The number of nitrogens with one attached hydrogen (secondary N) is 1. The van der Waals surface area contributed by atoms with Crippen LogP contribution >= 0.6 is 15.9 Å². The lowest BCUT2D eigenvalue weighted by molar-refractivity contribution is -0.148. The summed E-state index contributed by atoms with van der Waals surface area (Å²) < 4.78 is 0.844. The first-order valence-electron chi connectivity index (χ1n) is 6.72. The van der Waals surface area contributed by atoms with Crippen LogP contribution in [0.2, 0.25) is 0 Å². The summed E-state index contributed by atoms with van der Waals surface area (Å²) in [5, 5.41) is 12.2. The lowest BCUT2D eigenvalue weighted by atomic mass is 9.86. The van der Waals surface area contributed by atoms with E-state index in [9.17, 15) is 14.7 Å². The molecule has 0 atom stereocenters. The third-order valence-corrected chi connectivity index (χ3v) is 4.36. The van der Waals surface area contributed by atoms with E-state index >= 15 is 0 Å². The summed E-state index contributed by atoms with van der Waals surface area (Å²) in [6, 6.07) is 5.46. The number of carboxylic acid groups (broad SMARTS) is 1. The van der Waals surface area contributed by atoms with Gasteiger partial charge in [0, 0.05) is 16.6 Å². The molecule has 1 saturated carbocycles. The Kier molecular flexibility index (Phi) is 4.48. The smallest absolute Gasteiger partial charge is 0.311 e. The summed E-state index contributed by atoms with van der Waals surface area (Å²) in [6.07, 6.45) is 3.11. The maximum atomic E-state index is 12.1. The van der Waals surface area contributed by atoms with Crippen LogP contribution in [0.25, 0.3) is 0 Å². The topological polar surface area (TPSA) is 66.4 Å². The van der Waals surface area contributed by atoms with Crippen molar-refractivity contribution in [3.05, 3.63) is 33.8 Å². The van der Waals surface area contributed by atoms with Gasteiger partial charge in [0.15, 0.2) is 0 Å². The molecular weight excluding hydrogens is 322 g/mol. The zero-order valence-electron chi connectivity index (χ0n) is 11.4. The van der Waals surface area contributed by atoms with Crippen molar-refractivity contribution in [2.24, 2.45) is 5.41 Å². The number of amides is 1. The lowest BCUT2D eigenvalue weighted by Gasteiger charge is -2.24. The molecule has 108 valence electrons. The van der Waals surface area contributed by atoms with Crippen LogP contribution in [0.3, 0.4) is 0 Å². The third-order valence-electron chi connectivity index (χ3n) is 3.91. The van der Waals surface area contributed by atoms with Crippen LogP contribution in [-0.2, 0) is 4.79 Å². The van der Waals surface area contributed by atoms with Crippen molar-refractivity contribution in [3.8, 4) is 0 Å². The maximum absolute atomic E-state index is 12.1. The van der Waals surface area contributed by atoms with Gasteiger partial charge >= 0.3 is 5.97 Å². The highest BCUT2D eigenvalue weighted by atomic mass is 79.9. The van der Waals surface area contributed by atoms with Gasteiger partial charge in [-0.1, -0.05) is 28.8 Å². The predicted molar refractivity (Wildman–Crippen MR) is 79.7 cm³/mol. The minimum absolute atomic E-state index is 0.201. The predicted octanol–water partition coefficient (Wildman–Crippen LogP) is 3.13. The Morgan fingerprint density at radius 2 is 1.95 bits per heavy atom. The molecule has 1 fully saturated rings. The molecule has 20 heavy (non-hydrogen) atoms. The molecule has 0 aliphatic heterocycles. The van der Waals surface area contributed by atoms with Crippen molar-refractivity contribution in [2.45, 2.75) is 32.6 Å². The summed E-state index contributed by atoms with van der Waals surface area (Å²) in [5.74, 6) is -1.03. The monoisotopic (exact) mass is 339 g/mol. The molecule has 2 N–H and O–H groups in total. The molecule has 2 rings (SSSR count). The van der Waals surface area contributed by atoms with Gasteiger partial charge in [-0.15, -0.1) is 0 Å². The molecule has 0 saturated heterocycles. The Labute approximate surface area is 126 Å². The van der Waals surface area contributed by atoms with Gasteiger partial charge in [-0.3, -0.25) is 9.59 Å². The van der Waals surface area contributed by atoms with Crippen LogP contribution < -0.4 is 5.32 Å². The second kappa shape index (κ2) is 5.95. The number of carbonyl (C=O) groups excluding carboxylic acids is 1. The first-order chi connectivity index (χ1) is 9.43. The summed E-state index contributed by atoms with van der Waals surface area (Å²) in [7, 11) is 0. The van der Waals surface area contributed by atoms with Gasteiger partial charge in [0.1, 0.15) is 0 Å². The van der Waals surface area contributed by atoms with Crippen molar-refractivity contribution >= 4 is 27.8 Å². The number of aliphatic carboxylic acids is 1. The molecule has 1 amide bonds. The first-order valence-corrected chi connectivity index (χ1v) is 7.51. The van der Waals surface area contributed by atoms with E-state index in [4.69, 9.17) is 0 Å². The first kappa shape index (κ1) is 15.0. The number of hydrogen-bond donors (Lipinski definition) is 2. The molecule has 1 aliphatic rings. The van der Waals surface area contributed by atoms with E-state index in [0.29, 0.717) is 18.4 Å². The number of hydrogen-bond acceptors (Lipinski definition) is 2. The average molecular weight is 340 g/mol. The molecule has 0 spiro atoms. The fourth-order valence-electron chi connectivity index (χ4n) is 2.74. The standard InChI is InChI=1S/C15H18BrNO3/c1-10-6-11(8-12(16)7-10)13(18)17-9-15(14(19)20)4-2-3-5-15/h6-8H,2-5,9H2,1H3,(H,17,18)(H,19,20). The molecule has 5 heteroatoms. The molecule has 1 aromatic rings. The summed E-state index contributed by atoms with van der Waals surface area (Å²) in [4.78, 5) is 23.6. The molecule has 0 bridgehead atoms. The minimum Gasteiger partial charge on any atom is -0.481 e. The van der Waals surface area contributed by atoms with Crippen molar-refractivity contribution in [2.75, 3.05) is 6.54 Å². The zero-order chi connectivity index (χ0) is 14.8. The number of halogens is 1. The summed E-state index contributed by atoms with van der Waals surface area (Å²) in [5.41, 5.74) is 0.755. The number of aryl methyl sites for hydroxylation is 1. The van der Waals surface area contributed by atoms with Gasteiger partial charge in [-0.25, -0.2) is 0 Å². The van der Waals surface area contributed by atoms with Gasteiger partial charge in [0.25, 0.3) is 5.91 Å². The van der Waals surface area contributed by atoms with Gasteiger partial charge in [-0.2, -0.15) is 0 Å². The molecule has 4 nitrogen and oxygen atoms in total. The summed E-state index contributed by atoms with van der Waals surface area (Å²) >= 11 is 3.36. The van der Waals surface area contributed by atoms with Crippen LogP contribution in [0.4, 0.5) is 0 Å². The SMILES string of the molecule is Cc1cc(Br)cc(C(=O)NCC2(C(=O)O)CCCC2)c1. The Morgan fingerprint density at radius 1 is 1.30 bits per heavy atom. The van der Waals surface area contributed by atoms with E-state index in [1.54, 1.807) is 12.1 Å². The second-order valence-corrected chi connectivity index (χ2v) is 6.41. The van der Waals surface area contributed by atoms with Gasteiger partial charge in [0.05, 0.1) is 5.41 Å². The minimum atomic E-state index is -0.805. The summed E-state index contributed by atoms with van der Waals surface area (Å²) in [6.45, 7) is 2.12. The Hall–Kier alpha value is -1.36. The van der Waals surface area contributed by atoms with Crippen LogP contribution in [0.5, 0.6) is 0 Å². The molecule has 0 unspecified atom stereocenters. The van der Waals surface area contributed by atoms with Crippen molar-refractivity contribution in [1.82, 2.24) is 5.32 Å². The highest BCUT2D eigenvalue weighted by molar-refractivity contribution is 9.10. The lowest BCUT2D eigenvalue weighted by Crippen LogP contribution is -2.41. The molecule has 1 aromatic carbocycles. The fourth-order valence-corrected chi connectivity index (χ4v) is 3.34. The van der Waals surface area contributed by atoms with Crippen LogP contribution in [0.1, 0.15) is 41.6 Å². The van der Waals surface area contributed by atoms with E-state index in [2.05, 4.69) is 21.2 Å². The Balaban J connectivity index is 2.06. The van der Waals surface area contributed by atoms with Crippen molar-refractivity contribution in [3.63, 3.8) is 0 Å². The Morgan fingerprint density at radius 3 is 2.50 bits per heavy atom.